The van der Waals surface area contributed by atoms with Crippen LogP contribution in [0.5, 0.6) is 11.5 Å². The van der Waals surface area contributed by atoms with Gasteiger partial charge in [0.25, 0.3) is 5.91 Å². The van der Waals surface area contributed by atoms with E-state index in [1.54, 1.807) is 56.5 Å². The van der Waals surface area contributed by atoms with Crippen LogP contribution in [0, 0.1) is 6.92 Å². The van der Waals surface area contributed by atoms with E-state index < -0.39 is 5.91 Å². The first-order valence-corrected chi connectivity index (χ1v) is 8.90. The number of carbonyl (C=O) groups is 2. The Kier molecular flexibility index (Phi) is 7.83. The molecule has 0 bridgehead atoms. The number of amides is 2. The number of hydrogen-bond donors (Lipinski definition) is 2. The number of nitrogens with one attached hydrogen (secondary N) is 2. The second-order valence-corrected chi connectivity index (χ2v) is 6.47. The van der Waals surface area contributed by atoms with E-state index in [2.05, 4.69) is 15.8 Å². The van der Waals surface area contributed by atoms with Crippen molar-refractivity contribution in [2.45, 2.75) is 20.3 Å². The Hall–Kier alpha value is -3.06. The van der Waals surface area contributed by atoms with Crippen LogP contribution in [0.4, 0.5) is 5.69 Å². The molecule has 0 heterocycles. The second-order valence-electron chi connectivity index (χ2n) is 6.03. The van der Waals surface area contributed by atoms with Gasteiger partial charge in [0.1, 0.15) is 11.5 Å². The number of hydrazone groups is 1. The predicted molar refractivity (Wildman–Crippen MR) is 109 cm³/mol. The standard InChI is InChI=1S/C20H22ClN3O4/c1-13-9-15(21)7-8-18(13)22-19(25)10-14(2)23-24-20(26)12-28-17-6-4-5-16(11-17)27-3/h4-9,11H,10,12H2,1-3H3,(H,22,25)(H,24,26)/b23-14-. The first-order chi connectivity index (χ1) is 13.4. The fourth-order valence-corrected chi connectivity index (χ4v) is 2.49. The summed E-state index contributed by atoms with van der Waals surface area (Å²) in [7, 11) is 1.55. The van der Waals surface area contributed by atoms with Crippen molar-refractivity contribution in [3.05, 3.63) is 53.1 Å². The van der Waals surface area contributed by atoms with Gasteiger partial charge in [-0.2, -0.15) is 5.10 Å². The van der Waals surface area contributed by atoms with Crippen molar-refractivity contribution >= 4 is 34.8 Å². The van der Waals surface area contributed by atoms with Crippen LogP contribution in [-0.2, 0) is 9.59 Å². The van der Waals surface area contributed by atoms with Crippen LogP contribution < -0.4 is 20.2 Å². The summed E-state index contributed by atoms with van der Waals surface area (Å²) in [6.07, 6.45) is 0.0408. The molecule has 0 fully saturated rings. The van der Waals surface area contributed by atoms with Gasteiger partial charge >= 0.3 is 0 Å². The fourth-order valence-electron chi connectivity index (χ4n) is 2.26. The van der Waals surface area contributed by atoms with Gasteiger partial charge in [-0.1, -0.05) is 17.7 Å². The summed E-state index contributed by atoms with van der Waals surface area (Å²) in [4.78, 5) is 23.9. The SMILES string of the molecule is COc1cccc(OCC(=O)N/N=C(/C)CC(=O)Nc2ccc(Cl)cc2C)c1. The lowest BCUT2D eigenvalue weighted by molar-refractivity contribution is -0.123. The molecule has 2 N–H and O–H groups in total. The van der Waals surface area contributed by atoms with Crippen LogP contribution in [0.3, 0.4) is 0 Å². The Morgan fingerprint density at radius 2 is 1.86 bits per heavy atom. The molecule has 2 amide bonds. The average molecular weight is 404 g/mol. The van der Waals surface area contributed by atoms with Crippen LogP contribution in [0.25, 0.3) is 0 Å². The fraction of sp³-hybridized carbons (Fsp3) is 0.250. The minimum atomic E-state index is -0.434. The lowest BCUT2D eigenvalue weighted by Crippen LogP contribution is -2.26. The summed E-state index contributed by atoms with van der Waals surface area (Å²) in [5.41, 5.74) is 4.36. The number of methoxy groups -OCH3 is 1. The smallest absolute Gasteiger partial charge is 0.277 e. The van der Waals surface area contributed by atoms with Gasteiger partial charge < -0.3 is 14.8 Å². The summed E-state index contributed by atoms with van der Waals surface area (Å²) in [6, 6.07) is 12.1. The van der Waals surface area contributed by atoms with E-state index in [9.17, 15) is 9.59 Å². The number of aryl methyl sites for hydroxylation is 1. The number of rotatable bonds is 8. The number of ether oxygens (including phenoxy) is 2. The molecule has 0 saturated heterocycles. The summed E-state index contributed by atoms with van der Waals surface area (Å²) in [5, 5.41) is 7.31. The van der Waals surface area contributed by atoms with Crippen LogP contribution in [-0.4, -0.2) is 31.2 Å². The number of hydrogen-bond acceptors (Lipinski definition) is 5. The molecule has 148 valence electrons. The van der Waals surface area contributed by atoms with Crippen LogP contribution in [0.1, 0.15) is 18.9 Å². The molecule has 8 heteroatoms. The van der Waals surface area contributed by atoms with E-state index in [1.807, 2.05) is 6.92 Å². The molecule has 2 aromatic carbocycles. The first kappa shape index (κ1) is 21.2. The topological polar surface area (TPSA) is 89.0 Å². The molecule has 7 nitrogen and oxygen atoms in total. The van der Waals surface area contributed by atoms with E-state index in [1.165, 1.54) is 0 Å². The molecular weight excluding hydrogens is 382 g/mol. The summed E-state index contributed by atoms with van der Waals surface area (Å²) in [6.45, 7) is 3.29. The average Bonchev–Trinajstić information content (AvgIpc) is 2.67. The van der Waals surface area contributed by atoms with Gasteiger partial charge in [0.15, 0.2) is 6.61 Å². The first-order valence-electron chi connectivity index (χ1n) is 8.52. The van der Waals surface area contributed by atoms with Gasteiger partial charge in [-0.25, -0.2) is 5.43 Å². The molecule has 0 aromatic heterocycles. The lowest BCUT2D eigenvalue weighted by atomic mass is 10.2. The molecule has 0 atom stereocenters. The molecule has 0 aliphatic heterocycles. The van der Waals surface area contributed by atoms with E-state index >= 15 is 0 Å². The molecule has 0 radical (unpaired) electrons. The van der Waals surface area contributed by atoms with Crippen molar-refractivity contribution < 1.29 is 19.1 Å². The normalized spacial score (nSPS) is 10.9. The van der Waals surface area contributed by atoms with Gasteiger partial charge in [0.2, 0.25) is 5.91 Å². The molecule has 0 spiro atoms. The van der Waals surface area contributed by atoms with Crippen molar-refractivity contribution in [1.82, 2.24) is 5.43 Å². The third-order valence-corrected chi connectivity index (χ3v) is 3.90. The molecule has 2 rings (SSSR count). The van der Waals surface area contributed by atoms with Crippen molar-refractivity contribution in [2.24, 2.45) is 5.10 Å². The number of carbonyl (C=O) groups excluding carboxylic acids is 2. The van der Waals surface area contributed by atoms with Gasteiger partial charge in [0.05, 0.1) is 13.5 Å². The summed E-state index contributed by atoms with van der Waals surface area (Å²) in [5.74, 6) is 0.464. The lowest BCUT2D eigenvalue weighted by Gasteiger charge is -2.09. The quantitative estimate of drug-likeness (QED) is 0.521. The van der Waals surface area contributed by atoms with Gasteiger partial charge in [-0.05, 0) is 49.7 Å². The number of nitrogens with zero attached hydrogens (tertiary/aromatic N) is 1. The zero-order chi connectivity index (χ0) is 20.5. The largest absolute Gasteiger partial charge is 0.497 e. The zero-order valence-electron chi connectivity index (χ0n) is 15.9. The third-order valence-electron chi connectivity index (χ3n) is 3.66. The van der Waals surface area contributed by atoms with E-state index in [-0.39, 0.29) is 18.9 Å². The molecular formula is C20H22ClN3O4. The van der Waals surface area contributed by atoms with Crippen LogP contribution in [0.2, 0.25) is 5.02 Å². The highest BCUT2D eigenvalue weighted by molar-refractivity contribution is 6.30. The van der Waals surface area contributed by atoms with Crippen LogP contribution >= 0.6 is 11.6 Å². The molecule has 0 aliphatic carbocycles. The Bertz CT molecular complexity index is 884. The highest BCUT2D eigenvalue weighted by Crippen LogP contribution is 2.20. The van der Waals surface area contributed by atoms with Crippen molar-refractivity contribution in [1.29, 1.82) is 0 Å². The third kappa shape index (κ3) is 6.92. The van der Waals surface area contributed by atoms with Gasteiger partial charge in [-0.15, -0.1) is 0 Å². The van der Waals surface area contributed by atoms with E-state index in [0.29, 0.717) is 27.9 Å². The van der Waals surface area contributed by atoms with Crippen molar-refractivity contribution in [2.75, 3.05) is 19.0 Å². The minimum Gasteiger partial charge on any atom is -0.497 e. The Morgan fingerprint density at radius 1 is 1.11 bits per heavy atom. The number of benzene rings is 2. The Morgan fingerprint density at radius 3 is 2.57 bits per heavy atom. The van der Waals surface area contributed by atoms with Gasteiger partial charge in [0, 0.05) is 22.5 Å². The summed E-state index contributed by atoms with van der Waals surface area (Å²) < 4.78 is 10.5. The van der Waals surface area contributed by atoms with Gasteiger partial charge in [-0.3, -0.25) is 9.59 Å². The highest BCUT2D eigenvalue weighted by Gasteiger charge is 2.08. The molecule has 2 aromatic rings. The Labute approximate surface area is 168 Å². The van der Waals surface area contributed by atoms with E-state index in [0.717, 1.165) is 5.56 Å². The second kappa shape index (κ2) is 10.3. The molecule has 28 heavy (non-hydrogen) atoms. The van der Waals surface area contributed by atoms with Crippen molar-refractivity contribution in [3.8, 4) is 11.5 Å². The molecule has 0 saturated carbocycles. The minimum absolute atomic E-state index is 0.0408. The monoisotopic (exact) mass is 403 g/mol. The maximum atomic E-state index is 12.1. The summed E-state index contributed by atoms with van der Waals surface area (Å²) >= 11 is 5.90. The predicted octanol–water partition coefficient (Wildman–Crippen LogP) is 3.56. The highest BCUT2D eigenvalue weighted by atomic mass is 35.5. The van der Waals surface area contributed by atoms with E-state index in [4.69, 9.17) is 21.1 Å². The van der Waals surface area contributed by atoms with Crippen LogP contribution in [0.15, 0.2) is 47.6 Å². The number of anilines is 1. The Balaban J connectivity index is 1.79. The maximum Gasteiger partial charge on any atom is 0.277 e. The zero-order valence-corrected chi connectivity index (χ0v) is 16.7. The molecule has 0 aliphatic rings. The number of halogens is 1. The van der Waals surface area contributed by atoms with Crippen molar-refractivity contribution in [3.63, 3.8) is 0 Å². The maximum absolute atomic E-state index is 12.1. The molecule has 0 unspecified atom stereocenters.